The molecule has 15 heteroatoms. The summed E-state index contributed by atoms with van der Waals surface area (Å²) in [5.74, 6) is -2.14. The number of hydrogen-bond acceptors (Lipinski definition) is 11. The Morgan fingerprint density at radius 2 is 1.56 bits per heavy atom. The molecule has 0 bridgehead atoms. The van der Waals surface area contributed by atoms with Gasteiger partial charge in [0.1, 0.15) is 25.4 Å². The van der Waals surface area contributed by atoms with Gasteiger partial charge in [0, 0.05) is 37.7 Å². The third-order valence-corrected chi connectivity index (χ3v) is 5.41. The number of alkyl carbamates (subject to hydrolysis) is 1. The minimum Gasteiger partial charge on any atom is -0.463 e. The molecule has 0 radical (unpaired) electrons. The molecule has 2 rings (SSSR count). The molecule has 0 aromatic heterocycles. The zero-order valence-corrected chi connectivity index (χ0v) is 22.4. The zero-order chi connectivity index (χ0) is 26.9. The van der Waals surface area contributed by atoms with Crippen LogP contribution in [0.3, 0.4) is 0 Å². The number of benzene rings is 1. The molecule has 5 atom stereocenters. The standard InChI is InChI=1S/C21H24Cl3NO10S/c1-11(26)30-9-15-17(32-12(2)27)18(33-13(3)28)16(25-20(29)31-10-21(22,23)24)19(34-15)35-36-14-7-5-4-6-8-14/h4-8,15-19H,9-10H2,1-3H3,(H,25,29)/t15-,16-,17-,18-,19+/m1/s1. The quantitative estimate of drug-likeness (QED) is 0.197. The number of halogens is 3. The van der Waals surface area contributed by atoms with Crippen LogP contribution in [0, 0.1) is 0 Å². The first-order valence-corrected chi connectivity index (χ1v) is 12.2. The van der Waals surface area contributed by atoms with E-state index in [-0.39, 0.29) is 6.61 Å². The van der Waals surface area contributed by atoms with Crippen LogP contribution in [-0.4, -0.2) is 71.7 Å². The van der Waals surface area contributed by atoms with Crippen molar-refractivity contribution in [1.29, 1.82) is 0 Å². The monoisotopic (exact) mass is 587 g/mol. The molecule has 1 aromatic rings. The van der Waals surface area contributed by atoms with E-state index in [0.717, 1.165) is 25.9 Å². The van der Waals surface area contributed by atoms with Gasteiger partial charge in [-0.2, -0.15) is 0 Å². The molecule has 1 N–H and O–H groups in total. The fourth-order valence-corrected chi connectivity index (χ4v) is 3.85. The molecular formula is C21H24Cl3NO10S. The van der Waals surface area contributed by atoms with Gasteiger partial charge >= 0.3 is 24.0 Å². The van der Waals surface area contributed by atoms with Crippen molar-refractivity contribution in [2.45, 2.75) is 60.1 Å². The Balaban J connectivity index is 2.38. The van der Waals surface area contributed by atoms with Crippen molar-refractivity contribution in [3.8, 4) is 0 Å². The molecule has 1 aliphatic rings. The van der Waals surface area contributed by atoms with Crippen LogP contribution in [0.15, 0.2) is 35.2 Å². The van der Waals surface area contributed by atoms with Gasteiger partial charge in [-0.25, -0.2) is 4.79 Å². The van der Waals surface area contributed by atoms with Gasteiger partial charge in [-0.05, 0) is 12.1 Å². The molecule has 1 amide bonds. The van der Waals surface area contributed by atoms with Gasteiger partial charge in [-0.3, -0.25) is 18.6 Å². The van der Waals surface area contributed by atoms with Crippen LogP contribution in [0.2, 0.25) is 0 Å². The van der Waals surface area contributed by atoms with E-state index in [2.05, 4.69) is 5.32 Å². The molecule has 1 heterocycles. The van der Waals surface area contributed by atoms with Crippen LogP contribution in [0.4, 0.5) is 4.79 Å². The summed E-state index contributed by atoms with van der Waals surface area (Å²) < 4.78 is 30.5. The number of nitrogens with one attached hydrogen (secondary N) is 1. The van der Waals surface area contributed by atoms with Gasteiger partial charge in [0.2, 0.25) is 3.79 Å². The maximum Gasteiger partial charge on any atom is 0.407 e. The SMILES string of the molecule is CC(=O)OC[C@H]1O[C@@H](OSc2ccccc2)[C@H](NC(=O)OCC(Cl)(Cl)Cl)[C@@H](OC(C)=O)[C@@H]1OC(C)=O. The number of hydrogen-bond donors (Lipinski definition) is 1. The smallest absolute Gasteiger partial charge is 0.407 e. The predicted octanol–water partition coefficient (Wildman–Crippen LogP) is 3.33. The average Bonchev–Trinajstić information content (AvgIpc) is 2.78. The molecule has 1 fully saturated rings. The summed E-state index contributed by atoms with van der Waals surface area (Å²) in [5, 5.41) is 2.45. The number of esters is 3. The molecule has 1 aromatic carbocycles. The summed E-state index contributed by atoms with van der Waals surface area (Å²) >= 11 is 17.8. The first-order chi connectivity index (χ1) is 16.9. The van der Waals surface area contributed by atoms with E-state index in [9.17, 15) is 19.2 Å². The maximum atomic E-state index is 12.5. The Kier molecular flexibility index (Phi) is 11.9. The average molecular weight is 589 g/mol. The number of carbonyl (C=O) groups excluding carboxylic acids is 4. The lowest BCUT2D eigenvalue weighted by molar-refractivity contribution is -0.253. The highest BCUT2D eigenvalue weighted by atomic mass is 35.6. The van der Waals surface area contributed by atoms with E-state index >= 15 is 0 Å². The van der Waals surface area contributed by atoms with E-state index in [1.807, 2.05) is 6.07 Å². The number of carbonyl (C=O) groups is 4. The van der Waals surface area contributed by atoms with Crippen molar-refractivity contribution in [3.63, 3.8) is 0 Å². The molecule has 0 spiro atoms. The molecule has 1 saturated heterocycles. The summed E-state index contributed by atoms with van der Waals surface area (Å²) in [5.41, 5.74) is 0. The molecule has 1 aliphatic heterocycles. The highest BCUT2D eigenvalue weighted by Gasteiger charge is 2.52. The van der Waals surface area contributed by atoms with Crippen molar-refractivity contribution in [1.82, 2.24) is 5.32 Å². The molecule has 11 nitrogen and oxygen atoms in total. The minimum atomic E-state index is -1.88. The van der Waals surface area contributed by atoms with Crippen molar-refractivity contribution in [3.05, 3.63) is 30.3 Å². The third-order valence-electron chi connectivity index (χ3n) is 4.34. The first kappa shape index (κ1) is 30.3. The van der Waals surface area contributed by atoms with Gasteiger partial charge in [0.15, 0.2) is 18.5 Å². The van der Waals surface area contributed by atoms with Crippen LogP contribution in [0.5, 0.6) is 0 Å². The Morgan fingerprint density at radius 3 is 2.11 bits per heavy atom. The molecule has 200 valence electrons. The second-order valence-corrected chi connectivity index (χ2v) is 10.7. The highest BCUT2D eigenvalue weighted by molar-refractivity contribution is 7.94. The molecule has 0 unspecified atom stereocenters. The Bertz CT molecular complexity index is 917. The van der Waals surface area contributed by atoms with Crippen molar-refractivity contribution in [2.24, 2.45) is 0 Å². The van der Waals surface area contributed by atoms with Crippen molar-refractivity contribution < 1.29 is 47.0 Å². The normalized spacial score (nSPS) is 23.8. The topological polar surface area (TPSA) is 136 Å². The number of rotatable bonds is 9. The highest BCUT2D eigenvalue weighted by Crippen LogP contribution is 2.32. The largest absolute Gasteiger partial charge is 0.463 e. The number of alkyl halides is 3. The van der Waals surface area contributed by atoms with Gasteiger partial charge in [-0.1, -0.05) is 53.0 Å². The fraction of sp³-hybridized carbons (Fsp3) is 0.524. The lowest BCUT2D eigenvalue weighted by Crippen LogP contribution is -2.66. The lowest BCUT2D eigenvalue weighted by atomic mass is 9.96. The van der Waals surface area contributed by atoms with E-state index in [4.69, 9.17) is 62.7 Å². The van der Waals surface area contributed by atoms with E-state index < -0.39 is 65.0 Å². The summed E-state index contributed by atoms with van der Waals surface area (Å²) in [6.07, 6.45) is -6.15. The van der Waals surface area contributed by atoms with E-state index in [1.165, 1.54) is 6.92 Å². The fourth-order valence-electron chi connectivity index (χ4n) is 3.04. The van der Waals surface area contributed by atoms with Crippen LogP contribution < -0.4 is 5.32 Å². The Hall–Kier alpha value is -1.96. The van der Waals surface area contributed by atoms with Gasteiger partial charge in [-0.15, -0.1) is 0 Å². The summed E-state index contributed by atoms with van der Waals surface area (Å²) in [4.78, 5) is 48.4. The molecule has 0 aliphatic carbocycles. The molecule has 36 heavy (non-hydrogen) atoms. The van der Waals surface area contributed by atoms with Crippen LogP contribution in [0.25, 0.3) is 0 Å². The van der Waals surface area contributed by atoms with Crippen molar-refractivity contribution >= 4 is 70.8 Å². The van der Waals surface area contributed by atoms with Gasteiger partial charge in [0.05, 0.1) is 0 Å². The summed E-state index contributed by atoms with van der Waals surface area (Å²) in [6, 6.07) is 7.60. The minimum absolute atomic E-state index is 0.370. The predicted molar refractivity (Wildman–Crippen MR) is 128 cm³/mol. The zero-order valence-electron chi connectivity index (χ0n) is 19.3. The van der Waals surface area contributed by atoms with E-state index in [1.54, 1.807) is 24.3 Å². The second-order valence-electron chi connectivity index (χ2n) is 7.35. The molecular weight excluding hydrogens is 565 g/mol. The third kappa shape index (κ3) is 10.6. The second kappa shape index (κ2) is 14.1. The van der Waals surface area contributed by atoms with Gasteiger partial charge in [0.25, 0.3) is 0 Å². The lowest BCUT2D eigenvalue weighted by Gasteiger charge is -2.44. The molecule has 0 saturated carbocycles. The summed E-state index contributed by atoms with van der Waals surface area (Å²) in [7, 11) is 0. The Labute approximate surface area is 226 Å². The van der Waals surface area contributed by atoms with Crippen molar-refractivity contribution in [2.75, 3.05) is 13.2 Å². The number of amides is 1. The van der Waals surface area contributed by atoms with Crippen LogP contribution in [-0.2, 0) is 42.3 Å². The van der Waals surface area contributed by atoms with E-state index in [0.29, 0.717) is 4.90 Å². The summed E-state index contributed by atoms with van der Waals surface area (Å²) in [6.45, 7) is 2.46. The van der Waals surface area contributed by atoms with Gasteiger partial charge < -0.3 is 29.0 Å². The van der Waals surface area contributed by atoms with Crippen LogP contribution >= 0.6 is 46.8 Å². The number of ether oxygens (including phenoxy) is 5. The maximum absolute atomic E-state index is 12.5. The van der Waals surface area contributed by atoms with Crippen LogP contribution in [0.1, 0.15) is 20.8 Å². The Morgan fingerprint density at radius 1 is 0.944 bits per heavy atom. The first-order valence-electron chi connectivity index (χ1n) is 10.4.